The van der Waals surface area contributed by atoms with Crippen molar-refractivity contribution < 1.29 is 0 Å². The van der Waals surface area contributed by atoms with Gasteiger partial charge in [-0.05, 0) is 57.4 Å². The first-order chi connectivity index (χ1) is 12.6. The minimum absolute atomic E-state index is 0.139. The van der Waals surface area contributed by atoms with E-state index in [4.69, 9.17) is 16.6 Å². The normalized spacial score (nSPS) is 14.2. The number of rotatable bonds is 4. The number of nitrogens with zero attached hydrogens (tertiary/aromatic N) is 5. The van der Waals surface area contributed by atoms with Crippen LogP contribution in [0.15, 0.2) is 46.3 Å². The molecule has 7 heteroatoms. The van der Waals surface area contributed by atoms with Crippen LogP contribution in [0.1, 0.15) is 17.8 Å². The molecule has 6 nitrogen and oxygen atoms in total. The second-order valence-electron chi connectivity index (χ2n) is 6.50. The monoisotopic (exact) mass is 367 g/mol. The Morgan fingerprint density at radius 1 is 1.27 bits per heavy atom. The number of hydrogen-bond acceptors (Lipinski definition) is 5. The van der Waals surface area contributed by atoms with E-state index >= 15 is 0 Å². The second kappa shape index (κ2) is 6.63. The van der Waals surface area contributed by atoms with Gasteiger partial charge < -0.3 is 4.90 Å². The Hall–Kier alpha value is -2.57. The van der Waals surface area contributed by atoms with E-state index in [0.717, 1.165) is 24.2 Å². The van der Waals surface area contributed by atoms with Crippen molar-refractivity contribution in [3.05, 3.63) is 63.3 Å². The average Bonchev–Trinajstić information content (AvgIpc) is 2.92. The van der Waals surface area contributed by atoms with E-state index in [1.807, 2.05) is 26.2 Å². The van der Waals surface area contributed by atoms with Crippen molar-refractivity contribution >= 4 is 28.3 Å². The van der Waals surface area contributed by atoms with Gasteiger partial charge in [-0.1, -0.05) is 11.6 Å². The predicted molar refractivity (Wildman–Crippen MR) is 104 cm³/mol. The van der Waals surface area contributed by atoms with Crippen LogP contribution < -0.4 is 5.56 Å². The van der Waals surface area contributed by atoms with Crippen molar-refractivity contribution in [1.29, 1.82) is 0 Å². The summed E-state index contributed by atoms with van der Waals surface area (Å²) in [7, 11) is 4.07. The Bertz CT molecular complexity index is 1090. The first-order valence-electron chi connectivity index (χ1n) is 8.44. The van der Waals surface area contributed by atoms with Crippen LogP contribution in [-0.2, 0) is 0 Å². The highest BCUT2D eigenvalue weighted by Gasteiger charge is 2.28. The van der Waals surface area contributed by atoms with Crippen molar-refractivity contribution in [1.82, 2.24) is 19.4 Å². The highest BCUT2D eigenvalue weighted by atomic mass is 35.5. The highest BCUT2D eigenvalue weighted by Crippen LogP contribution is 2.29. The minimum atomic E-state index is -0.139. The van der Waals surface area contributed by atoms with Gasteiger partial charge in [0.1, 0.15) is 5.71 Å². The zero-order valence-electron chi connectivity index (χ0n) is 14.6. The third-order valence-electron chi connectivity index (χ3n) is 4.34. The fourth-order valence-corrected chi connectivity index (χ4v) is 3.32. The van der Waals surface area contributed by atoms with Crippen LogP contribution in [0.3, 0.4) is 0 Å². The molecule has 3 heterocycles. The molecule has 0 unspecified atom stereocenters. The molecular formula is C19H18ClN5O. The summed E-state index contributed by atoms with van der Waals surface area (Å²) >= 11 is 6.20. The van der Waals surface area contributed by atoms with Gasteiger partial charge in [0, 0.05) is 23.3 Å². The molecular weight excluding hydrogens is 350 g/mol. The predicted octanol–water partition coefficient (Wildman–Crippen LogP) is 2.54. The van der Waals surface area contributed by atoms with E-state index < -0.39 is 0 Å². The van der Waals surface area contributed by atoms with Crippen molar-refractivity contribution in [2.24, 2.45) is 4.99 Å². The van der Waals surface area contributed by atoms with Gasteiger partial charge in [-0.3, -0.25) is 14.4 Å². The zero-order chi connectivity index (χ0) is 18.3. The van der Waals surface area contributed by atoms with E-state index in [1.54, 1.807) is 29.0 Å². The topological polar surface area (TPSA) is 63.4 Å². The molecule has 0 bridgehead atoms. The Morgan fingerprint density at radius 2 is 2.12 bits per heavy atom. The van der Waals surface area contributed by atoms with Gasteiger partial charge in [0.2, 0.25) is 0 Å². The number of pyridine rings is 1. The SMILES string of the molecule is CN(C)CCCN=C1c2cc(Cl)ccc2-n2c1nc1ncccc1c2=O. The lowest BCUT2D eigenvalue weighted by atomic mass is 10.1. The van der Waals surface area contributed by atoms with Crippen LogP contribution >= 0.6 is 11.6 Å². The van der Waals surface area contributed by atoms with E-state index in [1.165, 1.54) is 0 Å². The quantitative estimate of drug-likeness (QED) is 0.520. The maximum atomic E-state index is 13.0. The summed E-state index contributed by atoms with van der Waals surface area (Å²) < 4.78 is 1.61. The van der Waals surface area contributed by atoms with Crippen LogP contribution in [0.5, 0.6) is 0 Å². The summed E-state index contributed by atoms with van der Waals surface area (Å²) in [6.07, 6.45) is 2.56. The van der Waals surface area contributed by atoms with E-state index in [9.17, 15) is 4.79 Å². The highest BCUT2D eigenvalue weighted by molar-refractivity contribution is 6.31. The summed E-state index contributed by atoms with van der Waals surface area (Å²) in [5.41, 5.74) is 2.59. The third-order valence-corrected chi connectivity index (χ3v) is 4.58. The fourth-order valence-electron chi connectivity index (χ4n) is 3.15. The molecule has 0 saturated heterocycles. The van der Waals surface area contributed by atoms with Gasteiger partial charge in [-0.2, -0.15) is 0 Å². The number of aromatic nitrogens is 3. The maximum Gasteiger partial charge on any atom is 0.267 e. The minimum Gasteiger partial charge on any atom is -0.309 e. The first kappa shape index (κ1) is 16.9. The smallest absolute Gasteiger partial charge is 0.267 e. The van der Waals surface area contributed by atoms with Crippen LogP contribution in [0, 0.1) is 0 Å². The third kappa shape index (κ3) is 2.81. The fraction of sp³-hybridized carbons (Fsp3) is 0.263. The van der Waals surface area contributed by atoms with Crippen LogP contribution in [-0.4, -0.2) is 52.3 Å². The molecule has 0 N–H and O–H groups in total. The average molecular weight is 368 g/mol. The maximum absolute atomic E-state index is 13.0. The lowest BCUT2D eigenvalue weighted by Crippen LogP contribution is -2.22. The van der Waals surface area contributed by atoms with Crippen LogP contribution in [0.4, 0.5) is 0 Å². The molecule has 0 saturated carbocycles. The largest absolute Gasteiger partial charge is 0.309 e. The molecule has 26 heavy (non-hydrogen) atoms. The van der Waals surface area contributed by atoms with Crippen LogP contribution in [0.25, 0.3) is 16.7 Å². The molecule has 3 aromatic rings. The molecule has 0 spiro atoms. The molecule has 0 radical (unpaired) electrons. The van der Waals surface area contributed by atoms with Crippen molar-refractivity contribution in [3.8, 4) is 5.69 Å². The van der Waals surface area contributed by atoms with E-state index in [2.05, 4.69) is 14.9 Å². The molecule has 1 aromatic carbocycles. The molecule has 0 fully saturated rings. The standard InChI is InChI=1S/C19H18ClN5O/c1-24(2)10-4-9-21-16-14-11-12(20)6-7-15(14)25-18(16)23-17-13(19(25)26)5-3-8-22-17/h3,5-8,11H,4,9-10H2,1-2H3. The lowest BCUT2D eigenvalue weighted by Gasteiger charge is -2.07. The zero-order valence-corrected chi connectivity index (χ0v) is 15.4. The molecule has 2 aromatic heterocycles. The first-order valence-corrected chi connectivity index (χ1v) is 8.81. The van der Waals surface area contributed by atoms with Gasteiger partial charge in [0.15, 0.2) is 11.5 Å². The molecule has 0 aliphatic carbocycles. The van der Waals surface area contributed by atoms with Crippen molar-refractivity contribution in [3.63, 3.8) is 0 Å². The summed E-state index contributed by atoms with van der Waals surface area (Å²) in [5.74, 6) is 0.531. The lowest BCUT2D eigenvalue weighted by molar-refractivity contribution is 0.403. The Labute approximate surface area is 155 Å². The van der Waals surface area contributed by atoms with E-state index in [-0.39, 0.29) is 5.56 Å². The molecule has 132 valence electrons. The van der Waals surface area contributed by atoms with E-state index in [0.29, 0.717) is 34.1 Å². The van der Waals surface area contributed by atoms with Gasteiger partial charge in [0.25, 0.3) is 5.56 Å². The number of fused-ring (bicyclic) bond motifs is 4. The number of benzene rings is 1. The molecule has 4 rings (SSSR count). The molecule has 1 aliphatic rings. The number of aliphatic imine (C=N–C) groups is 1. The van der Waals surface area contributed by atoms with Gasteiger partial charge in [-0.15, -0.1) is 0 Å². The number of hydrogen-bond donors (Lipinski definition) is 0. The molecule has 1 aliphatic heterocycles. The van der Waals surface area contributed by atoms with Crippen LogP contribution in [0.2, 0.25) is 5.02 Å². The Balaban J connectivity index is 1.90. The van der Waals surface area contributed by atoms with Gasteiger partial charge in [0.05, 0.1) is 11.1 Å². The summed E-state index contributed by atoms with van der Waals surface area (Å²) in [5, 5.41) is 1.10. The summed E-state index contributed by atoms with van der Waals surface area (Å²) in [4.78, 5) is 28.8. The second-order valence-corrected chi connectivity index (χ2v) is 6.94. The number of halogens is 1. The van der Waals surface area contributed by atoms with Crippen molar-refractivity contribution in [2.75, 3.05) is 27.2 Å². The van der Waals surface area contributed by atoms with Gasteiger partial charge in [-0.25, -0.2) is 9.97 Å². The Morgan fingerprint density at radius 3 is 2.92 bits per heavy atom. The Kier molecular flexibility index (Phi) is 4.30. The summed E-state index contributed by atoms with van der Waals surface area (Å²) in [6.45, 7) is 1.59. The van der Waals surface area contributed by atoms with Gasteiger partial charge >= 0.3 is 0 Å². The summed E-state index contributed by atoms with van der Waals surface area (Å²) in [6, 6.07) is 8.95. The molecule has 0 amide bonds. The molecule has 0 atom stereocenters. The van der Waals surface area contributed by atoms with Crippen molar-refractivity contribution in [2.45, 2.75) is 6.42 Å².